The van der Waals surface area contributed by atoms with Crippen LogP contribution in [0.3, 0.4) is 0 Å². The van der Waals surface area contributed by atoms with E-state index in [-0.39, 0.29) is 5.69 Å². The van der Waals surface area contributed by atoms with Gasteiger partial charge in [0, 0.05) is 5.56 Å². The van der Waals surface area contributed by atoms with Crippen molar-refractivity contribution in [2.24, 2.45) is 0 Å². The van der Waals surface area contributed by atoms with E-state index < -0.39 is 0 Å². The number of aromatic amines is 1. The molecular formula is C19H13N5O. The van der Waals surface area contributed by atoms with Crippen LogP contribution >= 0.6 is 0 Å². The lowest BCUT2D eigenvalue weighted by Gasteiger charge is -2.05. The summed E-state index contributed by atoms with van der Waals surface area (Å²) in [4.78, 5) is 12.3. The molecule has 0 bridgehead atoms. The lowest BCUT2D eigenvalue weighted by molar-refractivity contribution is 0.932. The summed E-state index contributed by atoms with van der Waals surface area (Å²) in [6.45, 7) is 0. The lowest BCUT2D eigenvalue weighted by Crippen LogP contribution is -2.13. The van der Waals surface area contributed by atoms with Crippen LogP contribution in [0.4, 0.5) is 0 Å². The first-order valence-corrected chi connectivity index (χ1v) is 7.92. The Hall–Kier alpha value is -3.67. The summed E-state index contributed by atoms with van der Waals surface area (Å²) in [7, 11) is 0. The Morgan fingerprint density at radius 1 is 0.840 bits per heavy atom. The highest BCUT2D eigenvalue weighted by atomic mass is 16.1. The van der Waals surface area contributed by atoms with Gasteiger partial charge in [0.2, 0.25) is 0 Å². The summed E-state index contributed by atoms with van der Waals surface area (Å²) in [6, 6.07) is 23.7. The number of fused-ring (bicyclic) bond motifs is 3. The quantitative estimate of drug-likeness (QED) is 0.542. The maximum Gasteiger partial charge on any atom is 0.349 e. The summed E-state index contributed by atoms with van der Waals surface area (Å²) in [6.07, 6.45) is 0. The average Bonchev–Trinajstić information content (AvgIpc) is 3.26. The zero-order valence-electron chi connectivity index (χ0n) is 13.1. The van der Waals surface area contributed by atoms with Gasteiger partial charge in [0.25, 0.3) is 5.78 Å². The normalized spacial score (nSPS) is 11.4. The number of benzene rings is 2. The molecule has 0 aliphatic rings. The van der Waals surface area contributed by atoms with Crippen molar-refractivity contribution in [2.45, 2.75) is 0 Å². The summed E-state index contributed by atoms with van der Waals surface area (Å²) in [5.74, 6) is 0.462. The Labute approximate surface area is 142 Å². The summed E-state index contributed by atoms with van der Waals surface area (Å²) >= 11 is 0. The highest BCUT2D eigenvalue weighted by Gasteiger charge is 2.15. The zero-order valence-corrected chi connectivity index (χ0v) is 13.1. The van der Waals surface area contributed by atoms with E-state index in [2.05, 4.69) is 15.3 Å². The minimum absolute atomic E-state index is 0.285. The third-order valence-corrected chi connectivity index (χ3v) is 4.25. The average molecular weight is 327 g/mol. The number of H-pyrrole nitrogens is 1. The van der Waals surface area contributed by atoms with Gasteiger partial charge >= 0.3 is 5.69 Å². The van der Waals surface area contributed by atoms with Crippen LogP contribution in [-0.2, 0) is 0 Å². The third kappa shape index (κ3) is 2.08. The fourth-order valence-electron chi connectivity index (χ4n) is 3.08. The minimum Gasteiger partial charge on any atom is -0.246 e. The Morgan fingerprint density at radius 3 is 2.24 bits per heavy atom. The second-order valence-electron chi connectivity index (χ2n) is 5.79. The molecule has 6 heteroatoms. The number of rotatable bonds is 2. The first-order chi connectivity index (χ1) is 12.3. The van der Waals surface area contributed by atoms with Crippen LogP contribution in [0.25, 0.3) is 33.8 Å². The maximum absolute atomic E-state index is 12.3. The fraction of sp³-hybridized carbons (Fsp3) is 0. The molecule has 1 N–H and O–H groups in total. The summed E-state index contributed by atoms with van der Waals surface area (Å²) in [5.41, 5.74) is 4.17. The number of hydrogen-bond acceptors (Lipinski definition) is 3. The molecule has 6 nitrogen and oxygen atoms in total. The monoisotopic (exact) mass is 327 g/mol. The van der Waals surface area contributed by atoms with Crippen LogP contribution in [0, 0.1) is 0 Å². The van der Waals surface area contributed by atoms with Crippen LogP contribution in [0.1, 0.15) is 0 Å². The Morgan fingerprint density at radius 2 is 1.52 bits per heavy atom. The highest BCUT2D eigenvalue weighted by Crippen LogP contribution is 2.25. The van der Waals surface area contributed by atoms with Gasteiger partial charge in [-0.05, 0) is 17.7 Å². The van der Waals surface area contributed by atoms with Crippen LogP contribution < -0.4 is 5.69 Å². The molecule has 3 aromatic heterocycles. The molecule has 120 valence electrons. The van der Waals surface area contributed by atoms with E-state index in [1.807, 2.05) is 72.8 Å². The van der Waals surface area contributed by atoms with Gasteiger partial charge in [-0.25, -0.2) is 14.3 Å². The van der Waals surface area contributed by atoms with E-state index in [9.17, 15) is 4.79 Å². The molecule has 0 atom stereocenters. The second-order valence-corrected chi connectivity index (χ2v) is 5.79. The largest absolute Gasteiger partial charge is 0.349 e. The van der Waals surface area contributed by atoms with Crippen molar-refractivity contribution in [1.82, 2.24) is 24.2 Å². The van der Waals surface area contributed by atoms with Gasteiger partial charge in [-0.15, -0.1) is 5.10 Å². The predicted octanol–water partition coefficient (Wildman–Crippen LogP) is 3.00. The topological polar surface area (TPSA) is 67.5 Å². The van der Waals surface area contributed by atoms with Crippen molar-refractivity contribution >= 4 is 11.3 Å². The predicted molar refractivity (Wildman–Crippen MR) is 95.4 cm³/mol. The van der Waals surface area contributed by atoms with E-state index in [0.717, 1.165) is 28.0 Å². The molecule has 0 saturated carbocycles. The maximum atomic E-state index is 12.3. The molecule has 0 spiro atoms. The van der Waals surface area contributed by atoms with Crippen molar-refractivity contribution in [1.29, 1.82) is 0 Å². The van der Waals surface area contributed by atoms with Gasteiger partial charge in [-0.2, -0.15) is 9.61 Å². The molecule has 5 rings (SSSR count). The summed E-state index contributed by atoms with van der Waals surface area (Å²) in [5, 5.41) is 11.3. The first kappa shape index (κ1) is 13.7. The van der Waals surface area contributed by atoms with E-state index in [0.29, 0.717) is 5.78 Å². The van der Waals surface area contributed by atoms with Crippen LogP contribution in [-0.4, -0.2) is 24.2 Å². The van der Waals surface area contributed by atoms with E-state index in [1.54, 1.807) is 8.92 Å². The molecule has 0 fully saturated rings. The second kappa shape index (κ2) is 5.17. The molecule has 0 saturated heterocycles. The Kier molecular flexibility index (Phi) is 2.84. The molecule has 5 aromatic rings. The Balaban J connectivity index is 1.86. The smallest absolute Gasteiger partial charge is 0.246 e. The number of hydrogen-bond donors (Lipinski definition) is 1. The molecular weight excluding hydrogens is 314 g/mol. The van der Waals surface area contributed by atoms with Crippen LogP contribution in [0.15, 0.2) is 77.6 Å². The minimum atomic E-state index is -0.285. The summed E-state index contributed by atoms with van der Waals surface area (Å²) < 4.78 is 3.23. The molecule has 25 heavy (non-hydrogen) atoms. The molecule has 2 aromatic carbocycles. The first-order valence-electron chi connectivity index (χ1n) is 7.92. The molecule has 0 aliphatic heterocycles. The van der Waals surface area contributed by atoms with Gasteiger partial charge in [0.15, 0.2) is 0 Å². The van der Waals surface area contributed by atoms with Crippen molar-refractivity contribution in [3.05, 3.63) is 83.3 Å². The lowest BCUT2D eigenvalue weighted by atomic mass is 10.1. The van der Waals surface area contributed by atoms with Crippen molar-refractivity contribution in [3.63, 3.8) is 0 Å². The van der Waals surface area contributed by atoms with Crippen molar-refractivity contribution < 1.29 is 0 Å². The molecule has 0 radical (unpaired) electrons. The third-order valence-electron chi connectivity index (χ3n) is 4.25. The zero-order chi connectivity index (χ0) is 16.8. The van der Waals surface area contributed by atoms with Gasteiger partial charge < -0.3 is 0 Å². The number of aromatic nitrogens is 5. The molecule has 3 heterocycles. The van der Waals surface area contributed by atoms with Crippen molar-refractivity contribution in [3.8, 4) is 22.5 Å². The number of nitrogens with one attached hydrogen (secondary N) is 1. The molecule has 0 amide bonds. The van der Waals surface area contributed by atoms with Crippen LogP contribution in [0.5, 0.6) is 0 Å². The van der Waals surface area contributed by atoms with E-state index in [1.165, 1.54) is 0 Å². The van der Waals surface area contributed by atoms with Gasteiger partial charge in [0.05, 0.1) is 16.9 Å². The fourth-order valence-corrected chi connectivity index (χ4v) is 3.08. The van der Waals surface area contributed by atoms with Crippen molar-refractivity contribution in [2.75, 3.05) is 0 Å². The Bertz CT molecular complexity index is 1250. The highest BCUT2D eigenvalue weighted by molar-refractivity contribution is 5.73. The van der Waals surface area contributed by atoms with E-state index >= 15 is 0 Å². The van der Waals surface area contributed by atoms with Gasteiger partial charge in [0.1, 0.15) is 0 Å². The van der Waals surface area contributed by atoms with Gasteiger partial charge in [-0.1, -0.05) is 60.7 Å². The SMILES string of the molecule is O=c1[nH]nc2n1c(-c1ccccc1)cc1cc(-c3ccccc3)nn12. The standard InChI is InChI=1S/C19H13N5O/c25-19-21-20-18-23(19)17(14-9-5-2-6-10-14)12-15-11-16(22-24(15)18)13-7-3-1-4-8-13/h1-12H,(H,21,25). The van der Waals surface area contributed by atoms with Crippen LogP contribution in [0.2, 0.25) is 0 Å². The molecule has 0 unspecified atom stereocenters. The number of nitrogens with zero attached hydrogens (tertiary/aromatic N) is 4. The van der Waals surface area contributed by atoms with E-state index in [4.69, 9.17) is 0 Å². The molecule has 0 aliphatic carbocycles. The van der Waals surface area contributed by atoms with Gasteiger partial charge in [-0.3, -0.25) is 0 Å².